The summed E-state index contributed by atoms with van der Waals surface area (Å²) in [6, 6.07) is 8.96. The number of nitrogen functional groups attached to an aromatic ring is 1. The molecular formula is C15H14N4O. The topological polar surface area (TPSA) is 91.8 Å². The Balaban J connectivity index is 2.36. The Morgan fingerprint density at radius 1 is 1.40 bits per heavy atom. The zero-order valence-corrected chi connectivity index (χ0v) is 11.3. The van der Waals surface area contributed by atoms with E-state index in [2.05, 4.69) is 16.4 Å². The first-order valence-corrected chi connectivity index (χ1v) is 6.06. The van der Waals surface area contributed by atoms with Crippen molar-refractivity contribution in [3.8, 4) is 6.07 Å². The Labute approximate surface area is 117 Å². The first kappa shape index (κ1) is 13.6. The number of nitrogens with one attached hydrogen (secondary N) is 1. The Hall–Kier alpha value is -2.87. The fourth-order valence-electron chi connectivity index (χ4n) is 1.89. The fraction of sp³-hybridized carbons (Fsp3) is 0.133. The zero-order chi connectivity index (χ0) is 14.7. The van der Waals surface area contributed by atoms with Crippen LogP contribution in [0.25, 0.3) is 0 Å². The fourth-order valence-corrected chi connectivity index (χ4v) is 1.89. The van der Waals surface area contributed by atoms with Crippen LogP contribution < -0.4 is 11.1 Å². The molecule has 1 aromatic heterocycles. The molecular weight excluding hydrogens is 252 g/mol. The second-order valence-electron chi connectivity index (χ2n) is 4.47. The van der Waals surface area contributed by atoms with E-state index in [1.807, 2.05) is 13.0 Å². The van der Waals surface area contributed by atoms with Crippen LogP contribution in [0.4, 0.5) is 11.4 Å². The molecule has 5 nitrogen and oxygen atoms in total. The van der Waals surface area contributed by atoms with Gasteiger partial charge in [-0.15, -0.1) is 0 Å². The van der Waals surface area contributed by atoms with E-state index < -0.39 is 0 Å². The molecule has 0 aliphatic heterocycles. The van der Waals surface area contributed by atoms with E-state index in [1.54, 1.807) is 25.1 Å². The minimum absolute atomic E-state index is 0.329. The van der Waals surface area contributed by atoms with Crippen LogP contribution in [0.5, 0.6) is 0 Å². The van der Waals surface area contributed by atoms with Gasteiger partial charge in [0.2, 0.25) is 0 Å². The maximum atomic E-state index is 12.3. The summed E-state index contributed by atoms with van der Waals surface area (Å²) in [5, 5.41) is 11.9. The Morgan fingerprint density at radius 2 is 2.15 bits per heavy atom. The van der Waals surface area contributed by atoms with Crippen LogP contribution in [0.2, 0.25) is 0 Å². The summed E-state index contributed by atoms with van der Waals surface area (Å²) in [6.07, 6.45) is 1.50. The van der Waals surface area contributed by atoms with Crippen LogP contribution >= 0.6 is 0 Å². The van der Waals surface area contributed by atoms with E-state index in [0.29, 0.717) is 28.2 Å². The predicted molar refractivity (Wildman–Crippen MR) is 77.2 cm³/mol. The maximum absolute atomic E-state index is 12.3. The molecule has 0 spiro atoms. The number of nitrogens with two attached hydrogens (primary N) is 1. The number of rotatable bonds is 2. The number of hydrogen-bond donors (Lipinski definition) is 2. The van der Waals surface area contributed by atoms with Crippen molar-refractivity contribution in [3.05, 3.63) is 52.8 Å². The van der Waals surface area contributed by atoms with Crippen molar-refractivity contribution >= 4 is 17.3 Å². The molecule has 0 aliphatic carbocycles. The van der Waals surface area contributed by atoms with Gasteiger partial charge in [-0.2, -0.15) is 5.26 Å². The summed E-state index contributed by atoms with van der Waals surface area (Å²) in [6.45, 7) is 3.55. The Morgan fingerprint density at radius 3 is 2.85 bits per heavy atom. The average molecular weight is 266 g/mol. The molecule has 1 heterocycles. The first-order valence-electron chi connectivity index (χ1n) is 6.06. The van der Waals surface area contributed by atoms with Gasteiger partial charge in [0, 0.05) is 0 Å². The molecule has 0 radical (unpaired) electrons. The largest absolute Gasteiger partial charge is 0.397 e. The van der Waals surface area contributed by atoms with E-state index in [-0.39, 0.29) is 5.91 Å². The molecule has 0 bridgehead atoms. The number of aryl methyl sites for hydroxylation is 2. The SMILES string of the molecule is Cc1cccc(NC(=O)c2cc(N)cnc2C)c1C#N. The van der Waals surface area contributed by atoms with E-state index in [0.717, 1.165) is 5.56 Å². The third-order valence-corrected chi connectivity index (χ3v) is 2.99. The summed E-state index contributed by atoms with van der Waals surface area (Å²) >= 11 is 0. The van der Waals surface area contributed by atoms with Gasteiger partial charge in [0.15, 0.2) is 0 Å². The molecule has 1 aromatic carbocycles. The Kier molecular flexibility index (Phi) is 3.67. The number of carbonyl (C=O) groups is 1. The summed E-state index contributed by atoms with van der Waals surface area (Å²) in [4.78, 5) is 16.3. The van der Waals surface area contributed by atoms with Crippen molar-refractivity contribution in [2.75, 3.05) is 11.1 Å². The number of aromatic nitrogens is 1. The number of nitrogens with zero attached hydrogens (tertiary/aromatic N) is 2. The highest BCUT2D eigenvalue weighted by atomic mass is 16.1. The highest BCUT2D eigenvalue weighted by Crippen LogP contribution is 2.20. The van der Waals surface area contributed by atoms with Crippen molar-refractivity contribution in [3.63, 3.8) is 0 Å². The lowest BCUT2D eigenvalue weighted by Gasteiger charge is -2.10. The lowest BCUT2D eigenvalue weighted by Crippen LogP contribution is -2.15. The monoisotopic (exact) mass is 266 g/mol. The second-order valence-corrected chi connectivity index (χ2v) is 4.47. The van der Waals surface area contributed by atoms with Gasteiger partial charge < -0.3 is 11.1 Å². The van der Waals surface area contributed by atoms with Crippen molar-refractivity contribution in [2.24, 2.45) is 0 Å². The summed E-state index contributed by atoms with van der Waals surface area (Å²) < 4.78 is 0. The standard InChI is InChI=1S/C15H14N4O/c1-9-4-3-5-14(13(9)7-16)19-15(20)12-6-11(17)8-18-10(12)2/h3-6,8H,17H2,1-2H3,(H,19,20). The van der Waals surface area contributed by atoms with Crippen LogP contribution in [0.15, 0.2) is 30.5 Å². The molecule has 2 aromatic rings. The van der Waals surface area contributed by atoms with Crippen molar-refractivity contribution in [2.45, 2.75) is 13.8 Å². The number of benzene rings is 1. The van der Waals surface area contributed by atoms with Gasteiger partial charge in [-0.25, -0.2) is 0 Å². The van der Waals surface area contributed by atoms with Crippen molar-refractivity contribution in [1.29, 1.82) is 5.26 Å². The third kappa shape index (κ3) is 2.59. The molecule has 2 rings (SSSR count). The molecule has 0 fully saturated rings. The van der Waals surface area contributed by atoms with Gasteiger partial charge in [0.05, 0.1) is 34.4 Å². The molecule has 0 saturated heterocycles. The molecule has 0 saturated carbocycles. The number of amides is 1. The highest BCUT2D eigenvalue weighted by molar-refractivity contribution is 6.06. The third-order valence-electron chi connectivity index (χ3n) is 2.99. The highest BCUT2D eigenvalue weighted by Gasteiger charge is 2.13. The maximum Gasteiger partial charge on any atom is 0.257 e. The molecule has 100 valence electrons. The van der Waals surface area contributed by atoms with Crippen LogP contribution in [0.1, 0.15) is 27.2 Å². The minimum Gasteiger partial charge on any atom is -0.397 e. The van der Waals surface area contributed by atoms with Crippen molar-refractivity contribution < 1.29 is 4.79 Å². The van der Waals surface area contributed by atoms with Gasteiger partial charge in [0.25, 0.3) is 5.91 Å². The number of carbonyl (C=O) groups excluding carboxylic acids is 1. The van der Waals surface area contributed by atoms with Crippen LogP contribution in [0, 0.1) is 25.2 Å². The van der Waals surface area contributed by atoms with Crippen LogP contribution in [-0.2, 0) is 0 Å². The van der Waals surface area contributed by atoms with Gasteiger partial charge in [-0.05, 0) is 31.5 Å². The molecule has 3 N–H and O–H groups in total. The van der Waals surface area contributed by atoms with Crippen molar-refractivity contribution in [1.82, 2.24) is 4.98 Å². The molecule has 0 unspecified atom stereocenters. The van der Waals surface area contributed by atoms with Gasteiger partial charge in [-0.3, -0.25) is 9.78 Å². The predicted octanol–water partition coefficient (Wildman–Crippen LogP) is 2.40. The molecule has 0 atom stereocenters. The summed E-state index contributed by atoms with van der Waals surface area (Å²) in [5.41, 5.74) is 8.80. The van der Waals surface area contributed by atoms with E-state index in [4.69, 9.17) is 11.0 Å². The van der Waals surface area contributed by atoms with Gasteiger partial charge in [-0.1, -0.05) is 12.1 Å². The summed E-state index contributed by atoms with van der Waals surface area (Å²) in [7, 11) is 0. The lowest BCUT2D eigenvalue weighted by atomic mass is 10.1. The Bertz CT molecular complexity index is 716. The van der Waals surface area contributed by atoms with Crippen LogP contribution in [-0.4, -0.2) is 10.9 Å². The smallest absolute Gasteiger partial charge is 0.257 e. The number of nitriles is 1. The lowest BCUT2D eigenvalue weighted by molar-refractivity contribution is 0.102. The first-order chi connectivity index (χ1) is 9.52. The molecule has 1 amide bonds. The number of anilines is 2. The second kappa shape index (κ2) is 5.41. The quantitative estimate of drug-likeness (QED) is 0.873. The molecule has 5 heteroatoms. The number of pyridine rings is 1. The zero-order valence-electron chi connectivity index (χ0n) is 11.3. The van der Waals surface area contributed by atoms with E-state index in [1.165, 1.54) is 6.20 Å². The van der Waals surface area contributed by atoms with Crippen LogP contribution in [0.3, 0.4) is 0 Å². The molecule has 20 heavy (non-hydrogen) atoms. The summed E-state index contributed by atoms with van der Waals surface area (Å²) in [5.74, 6) is -0.329. The minimum atomic E-state index is -0.329. The van der Waals surface area contributed by atoms with E-state index >= 15 is 0 Å². The molecule has 0 aliphatic rings. The average Bonchev–Trinajstić information content (AvgIpc) is 2.41. The van der Waals surface area contributed by atoms with E-state index in [9.17, 15) is 4.79 Å². The van der Waals surface area contributed by atoms with Gasteiger partial charge in [0.1, 0.15) is 6.07 Å². The normalized spacial score (nSPS) is 9.85. The van der Waals surface area contributed by atoms with Gasteiger partial charge >= 0.3 is 0 Å². The number of hydrogen-bond acceptors (Lipinski definition) is 4.